The van der Waals surface area contributed by atoms with Crippen LogP contribution >= 0.6 is 12.4 Å². The van der Waals surface area contributed by atoms with E-state index in [1.54, 1.807) is 0 Å². The second-order valence-electron chi connectivity index (χ2n) is 7.76. The fraction of sp³-hybridized carbons (Fsp3) is 0.421. The summed E-state index contributed by atoms with van der Waals surface area (Å²) in [5.74, 6) is -0.626. The Bertz CT molecular complexity index is 1280. The van der Waals surface area contributed by atoms with Crippen LogP contribution in [0.2, 0.25) is 0 Å². The molecule has 158 valence electrons. The minimum Gasteiger partial charge on any atom is -0.339 e. The Morgan fingerprint density at radius 3 is 2.63 bits per heavy atom. The Kier molecular flexibility index (Phi) is 5.18. The van der Waals surface area contributed by atoms with Crippen LogP contribution < -0.4 is 10.0 Å². The van der Waals surface area contributed by atoms with Gasteiger partial charge >= 0.3 is 0 Å². The van der Waals surface area contributed by atoms with Crippen molar-refractivity contribution in [3.8, 4) is 6.07 Å². The number of aromatic nitrogens is 3. The first kappa shape index (κ1) is 20.9. The molecule has 1 aliphatic carbocycles. The van der Waals surface area contributed by atoms with Crippen molar-refractivity contribution in [3.05, 3.63) is 30.0 Å². The second-order valence-corrected chi connectivity index (χ2v) is 9.41. The van der Waals surface area contributed by atoms with Gasteiger partial charge in [-0.05, 0) is 50.9 Å². The van der Waals surface area contributed by atoms with Crippen LogP contribution in [-0.2, 0) is 10.0 Å². The van der Waals surface area contributed by atoms with E-state index in [2.05, 4.69) is 25.0 Å². The molecule has 11 heteroatoms. The molecule has 0 unspecified atom stereocenters. The molecule has 1 saturated carbocycles. The van der Waals surface area contributed by atoms with Crippen molar-refractivity contribution < 1.29 is 12.8 Å². The van der Waals surface area contributed by atoms with Crippen LogP contribution in [0, 0.1) is 17.1 Å². The van der Waals surface area contributed by atoms with Gasteiger partial charge in [-0.3, -0.25) is 0 Å². The predicted molar refractivity (Wildman–Crippen MR) is 111 cm³/mol. The van der Waals surface area contributed by atoms with Crippen LogP contribution in [0.5, 0.6) is 0 Å². The Balaban J connectivity index is 0.00000218. The molecule has 1 aliphatic heterocycles. The quantitative estimate of drug-likeness (QED) is 0.561. The van der Waals surface area contributed by atoms with Crippen molar-refractivity contribution >= 4 is 44.4 Å². The molecule has 0 spiro atoms. The zero-order valence-electron chi connectivity index (χ0n) is 15.9. The van der Waals surface area contributed by atoms with Crippen LogP contribution in [0.4, 0.5) is 4.39 Å². The molecule has 8 nitrogen and oxygen atoms in total. The Hall–Kier alpha value is -2.32. The van der Waals surface area contributed by atoms with E-state index in [1.807, 2.05) is 6.07 Å². The molecule has 1 aromatic carbocycles. The molecule has 0 atom stereocenters. The first-order valence-corrected chi connectivity index (χ1v) is 11.0. The number of rotatable bonds is 4. The summed E-state index contributed by atoms with van der Waals surface area (Å²) in [5.41, 5.74) is 0.770. The summed E-state index contributed by atoms with van der Waals surface area (Å²) in [4.78, 5) is 11.4. The Labute approximate surface area is 178 Å². The molecule has 3 heterocycles. The standard InChI is InChI=1S/C19H19FN6O2S.ClH/c20-13-7-12-14(8-15(13)29(27,28)26-19(9-21)3-4-19)25-18-16(12)17(23-10-24-18)11-1-5-22-6-2-11;/h7-8,10-11,22,26H,1-6H2,(H,23,24,25);1H. The molecule has 5 rings (SSSR count). The van der Waals surface area contributed by atoms with Gasteiger partial charge in [0.25, 0.3) is 0 Å². The smallest absolute Gasteiger partial charge is 0.244 e. The van der Waals surface area contributed by atoms with Gasteiger partial charge in [-0.1, -0.05) is 0 Å². The van der Waals surface area contributed by atoms with Gasteiger partial charge in [-0.25, -0.2) is 22.8 Å². The maximum absolute atomic E-state index is 14.9. The van der Waals surface area contributed by atoms with Gasteiger partial charge in [0, 0.05) is 22.2 Å². The SMILES string of the molecule is Cl.N#CC1(NS(=O)(=O)c2cc3[nH]c4ncnc(C5CCNCC5)c4c3cc2F)CC1. The molecule has 1 saturated heterocycles. The average Bonchev–Trinajstić information content (AvgIpc) is 3.39. The second kappa shape index (κ2) is 7.42. The summed E-state index contributed by atoms with van der Waals surface area (Å²) in [5, 5.41) is 13.8. The van der Waals surface area contributed by atoms with Crippen molar-refractivity contribution in [1.82, 2.24) is 25.0 Å². The number of sulfonamides is 1. The minimum atomic E-state index is -4.17. The molecule has 3 N–H and O–H groups in total. The summed E-state index contributed by atoms with van der Waals surface area (Å²) in [7, 11) is -4.17. The van der Waals surface area contributed by atoms with Gasteiger partial charge in [0.05, 0.1) is 11.8 Å². The minimum absolute atomic E-state index is 0. The normalized spacial score (nSPS) is 18.8. The van der Waals surface area contributed by atoms with Gasteiger partial charge < -0.3 is 10.3 Å². The lowest BCUT2D eigenvalue weighted by Crippen LogP contribution is -2.36. The number of nitriles is 1. The number of fused-ring (bicyclic) bond motifs is 3. The van der Waals surface area contributed by atoms with E-state index in [0.717, 1.165) is 37.0 Å². The van der Waals surface area contributed by atoms with Crippen molar-refractivity contribution in [3.63, 3.8) is 0 Å². The van der Waals surface area contributed by atoms with Crippen LogP contribution in [0.25, 0.3) is 21.9 Å². The third kappa shape index (κ3) is 3.41. The molecular formula is C19H20ClFN6O2S. The maximum Gasteiger partial charge on any atom is 0.244 e. The third-order valence-corrected chi connectivity index (χ3v) is 7.33. The van der Waals surface area contributed by atoms with E-state index < -0.39 is 26.3 Å². The van der Waals surface area contributed by atoms with E-state index in [-0.39, 0.29) is 18.3 Å². The lowest BCUT2D eigenvalue weighted by atomic mass is 9.92. The lowest BCUT2D eigenvalue weighted by molar-refractivity contribution is 0.455. The Morgan fingerprint density at radius 2 is 1.97 bits per heavy atom. The van der Waals surface area contributed by atoms with Gasteiger partial charge in [0.1, 0.15) is 28.2 Å². The first-order valence-electron chi connectivity index (χ1n) is 9.54. The van der Waals surface area contributed by atoms with Gasteiger partial charge in [0.15, 0.2) is 0 Å². The summed E-state index contributed by atoms with van der Waals surface area (Å²) >= 11 is 0. The number of halogens is 2. The van der Waals surface area contributed by atoms with E-state index in [1.165, 1.54) is 18.5 Å². The van der Waals surface area contributed by atoms with Crippen molar-refractivity contribution in [1.29, 1.82) is 5.26 Å². The lowest BCUT2D eigenvalue weighted by Gasteiger charge is -2.22. The monoisotopic (exact) mass is 450 g/mol. The van der Waals surface area contributed by atoms with Gasteiger partial charge in [0.2, 0.25) is 10.0 Å². The number of H-pyrrole nitrogens is 1. The molecule has 2 aromatic heterocycles. The Morgan fingerprint density at radius 1 is 1.23 bits per heavy atom. The van der Waals surface area contributed by atoms with E-state index >= 15 is 0 Å². The van der Waals surface area contributed by atoms with Crippen LogP contribution in [0.3, 0.4) is 0 Å². The summed E-state index contributed by atoms with van der Waals surface area (Å²) in [6, 6.07) is 4.45. The molecule has 0 amide bonds. The summed E-state index contributed by atoms with van der Waals surface area (Å²) in [6.45, 7) is 1.78. The number of benzene rings is 1. The largest absolute Gasteiger partial charge is 0.339 e. The van der Waals surface area contributed by atoms with Crippen molar-refractivity contribution in [2.45, 2.75) is 42.0 Å². The van der Waals surface area contributed by atoms with Crippen molar-refractivity contribution in [2.24, 2.45) is 0 Å². The molecule has 3 aromatic rings. The maximum atomic E-state index is 14.9. The van der Waals surface area contributed by atoms with Crippen LogP contribution in [0.15, 0.2) is 23.4 Å². The summed E-state index contributed by atoms with van der Waals surface area (Å²) < 4.78 is 42.6. The molecular weight excluding hydrogens is 431 g/mol. The number of aromatic amines is 1. The number of nitrogens with one attached hydrogen (secondary N) is 3. The first-order chi connectivity index (χ1) is 13.9. The zero-order chi connectivity index (χ0) is 20.2. The van der Waals surface area contributed by atoms with Crippen molar-refractivity contribution in [2.75, 3.05) is 13.1 Å². The number of hydrogen-bond acceptors (Lipinski definition) is 6. The highest BCUT2D eigenvalue weighted by Crippen LogP contribution is 2.38. The summed E-state index contributed by atoms with van der Waals surface area (Å²) in [6.07, 6.45) is 4.18. The van der Waals surface area contributed by atoms with Crippen LogP contribution in [0.1, 0.15) is 37.3 Å². The van der Waals surface area contributed by atoms with Gasteiger partial charge in [-0.2, -0.15) is 9.98 Å². The topological polar surface area (TPSA) is 124 Å². The molecule has 2 fully saturated rings. The number of nitrogens with zero attached hydrogens (tertiary/aromatic N) is 3. The average molecular weight is 451 g/mol. The molecule has 0 radical (unpaired) electrons. The third-order valence-electron chi connectivity index (χ3n) is 5.78. The van der Waals surface area contributed by atoms with E-state index in [4.69, 9.17) is 5.26 Å². The van der Waals surface area contributed by atoms with Crippen LogP contribution in [-0.4, -0.2) is 42.0 Å². The van der Waals surface area contributed by atoms with Gasteiger partial charge in [-0.15, -0.1) is 12.4 Å². The fourth-order valence-electron chi connectivity index (χ4n) is 4.04. The van der Waals surface area contributed by atoms with E-state index in [0.29, 0.717) is 29.4 Å². The number of piperidine rings is 1. The molecule has 0 bridgehead atoms. The predicted octanol–water partition coefficient (Wildman–Crippen LogP) is 2.47. The zero-order valence-corrected chi connectivity index (χ0v) is 17.5. The highest BCUT2D eigenvalue weighted by atomic mass is 35.5. The molecule has 30 heavy (non-hydrogen) atoms. The fourth-order valence-corrected chi connectivity index (χ4v) is 5.50. The molecule has 2 aliphatic rings. The number of hydrogen-bond donors (Lipinski definition) is 3. The highest BCUT2D eigenvalue weighted by Gasteiger charge is 2.47. The van der Waals surface area contributed by atoms with E-state index in [9.17, 15) is 12.8 Å². The highest BCUT2D eigenvalue weighted by molar-refractivity contribution is 7.89.